The summed E-state index contributed by atoms with van der Waals surface area (Å²) in [4.78, 5) is 0. The Morgan fingerprint density at radius 3 is 1.15 bits per heavy atom. The predicted molar refractivity (Wildman–Crippen MR) is 101 cm³/mol. The minimum Gasteiger partial charge on any atom is -0.508 e. The van der Waals surface area contributed by atoms with Crippen LogP contribution in [0.15, 0.2) is 72.8 Å². The first kappa shape index (κ1) is 16.5. The van der Waals surface area contributed by atoms with Gasteiger partial charge in [0.15, 0.2) is 0 Å². The van der Waals surface area contributed by atoms with E-state index in [4.69, 9.17) is 0 Å². The maximum atomic E-state index is 9.64. The number of benzene rings is 3. The lowest BCUT2D eigenvalue weighted by atomic mass is 9.95. The Labute approximate surface area is 155 Å². The second kappa shape index (κ2) is 6.76. The molecule has 6 nitrogen and oxygen atoms in total. The van der Waals surface area contributed by atoms with Gasteiger partial charge >= 0.3 is 0 Å². The Kier molecular flexibility index (Phi) is 4.14. The Hall–Kier alpha value is -3.93. The summed E-state index contributed by atoms with van der Waals surface area (Å²) in [6.45, 7) is 0. The lowest BCUT2D eigenvalue weighted by Crippen LogP contribution is -2.00. The van der Waals surface area contributed by atoms with Gasteiger partial charge in [-0.25, -0.2) is 0 Å². The summed E-state index contributed by atoms with van der Waals surface area (Å²) in [6.07, 6.45) is 0. The van der Waals surface area contributed by atoms with E-state index in [0.29, 0.717) is 11.4 Å². The van der Waals surface area contributed by atoms with Crippen molar-refractivity contribution in [3.63, 3.8) is 0 Å². The second-order valence-electron chi connectivity index (χ2n) is 6.00. The van der Waals surface area contributed by atoms with Gasteiger partial charge in [-0.1, -0.05) is 12.1 Å². The Morgan fingerprint density at radius 2 is 0.778 bits per heavy atom. The minimum absolute atomic E-state index is 0.158. The first-order valence-electron chi connectivity index (χ1n) is 8.23. The first-order chi connectivity index (χ1) is 13.1. The van der Waals surface area contributed by atoms with E-state index in [1.165, 1.54) is 0 Å². The molecule has 0 aliphatic heterocycles. The third kappa shape index (κ3) is 3.28. The van der Waals surface area contributed by atoms with Crippen LogP contribution in [-0.4, -0.2) is 30.7 Å². The smallest absolute Gasteiger partial charge is 0.115 e. The van der Waals surface area contributed by atoms with Gasteiger partial charge in [0.05, 0.1) is 0 Å². The maximum absolute atomic E-state index is 9.64. The predicted octanol–water partition coefficient (Wildman–Crippen LogP) is 3.99. The lowest BCUT2D eigenvalue weighted by Gasteiger charge is -2.13. The van der Waals surface area contributed by atoms with Gasteiger partial charge in [-0.3, -0.25) is 0 Å². The molecule has 3 N–H and O–H groups in total. The largest absolute Gasteiger partial charge is 0.508 e. The van der Waals surface area contributed by atoms with Gasteiger partial charge in [-0.15, -0.1) is 10.2 Å². The molecule has 0 fully saturated rings. The summed E-state index contributed by atoms with van der Waals surface area (Å²) < 4.78 is 0. The second-order valence-corrected chi connectivity index (χ2v) is 6.00. The van der Waals surface area contributed by atoms with Crippen LogP contribution in [0, 0.1) is 0 Å². The third-order valence-electron chi connectivity index (χ3n) is 4.20. The van der Waals surface area contributed by atoms with Crippen molar-refractivity contribution in [2.24, 2.45) is 0 Å². The highest BCUT2D eigenvalue weighted by atomic mass is 16.3. The van der Waals surface area contributed by atoms with Gasteiger partial charge < -0.3 is 15.3 Å². The molecule has 27 heavy (non-hydrogen) atoms. The number of hydrogen-bond donors (Lipinski definition) is 3. The van der Waals surface area contributed by atoms with E-state index in [1.54, 1.807) is 72.8 Å². The summed E-state index contributed by atoms with van der Waals surface area (Å²) in [5, 5.41) is 41.2. The fraction of sp³-hybridized carbons (Fsp3) is 0. The first-order valence-corrected chi connectivity index (χ1v) is 8.23. The molecule has 1 aromatic heterocycles. The van der Waals surface area contributed by atoms with Gasteiger partial charge in [-0.05, 0) is 71.4 Å². The zero-order valence-corrected chi connectivity index (χ0v) is 14.1. The molecular weight excluding hydrogens is 342 g/mol. The average molecular weight is 357 g/mol. The van der Waals surface area contributed by atoms with Gasteiger partial charge in [-0.2, -0.15) is 0 Å². The monoisotopic (exact) mass is 357 g/mol. The van der Waals surface area contributed by atoms with Crippen molar-refractivity contribution in [2.45, 2.75) is 0 Å². The summed E-state index contributed by atoms with van der Waals surface area (Å²) in [5.41, 5.74) is 4.27. The number of aromatic hydroxyl groups is 3. The van der Waals surface area contributed by atoms with Gasteiger partial charge in [0, 0.05) is 16.7 Å². The molecule has 0 bridgehead atoms. The van der Waals surface area contributed by atoms with Crippen LogP contribution < -0.4 is 0 Å². The van der Waals surface area contributed by atoms with Crippen LogP contribution in [0.1, 0.15) is 0 Å². The van der Waals surface area contributed by atoms with Crippen LogP contribution in [-0.2, 0) is 0 Å². The van der Waals surface area contributed by atoms with Crippen molar-refractivity contribution in [1.29, 1.82) is 0 Å². The molecule has 4 rings (SSSR count). The van der Waals surface area contributed by atoms with Crippen LogP contribution in [0.3, 0.4) is 0 Å². The zero-order chi connectivity index (χ0) is 18.8. The number of aromatic nitrogens is 3. The van der Waals surface area contributed by atoms with Crippen LogP contribution in [0.2, 0.25) is 0 Å². The van der Waals surface area contributed by atoms with Crippen molar-refractivity contribution in [1.82, 2.24) is 15.4 Å². The number of rotatable bonds is 3. The summed E-state index contributed by atoms with van der Waals surface area (Å²) in [7, 11) is 0. The molecule has 0 spiro atoms. The molecule has 0 amide bonds. The molecule has 132 valence electrons. The lowest BCUT2D eigenvalue weighted by molar-refractivity contribution is 0.475. The van der Waals surface area contributed by atoms with Crippen LogP contribution in [0.4, 0.5) is 0 Å². The summed E-state index contributed by atoms with van der Waals surface area (Å²) in [5.74, 6) is 0.475. The molecule has 3 aromatic carbocycles. The molecule has 0 saturated heterocycles. The standard InChI is InChI=1S/C21H15N3O3/c25-16-7-1-13(2-8-16)19-20(14-3-9-17(26)10-4-14)22-24-23-21(19)15-5-11-18(27)12-6-15/h1-12,25-27H. The third-order valence-corrected chi connectivity index (χ3v) is 4.20. The molecule has 0 atom stereocenters. The number of phenols is 3. The molecule has 1 heterocycles. The van der Waals surface area contributed by atoms with Crippen molar-refractivity contribution in [3.8, 4) is 50.9 Å². The number of nitrogens with zero attached hydrogens (tertiary/aromatic N) is 3. The Bertz CT molecular complexity index is 1010. The Balaban J connectivity index is 1.99. The van der Waals surface area contributed by atoms with Gasteiger partial charge in [0.1, 0.15) is 28.6 Å². The minimum atomic E-state index is 0.158. The topological polar surface area (TPSA) is 99.4 Å². The quantitative estimate of drug-likeness (QED) is 0.513. The highest BCUT2D eigenvalue weighted by Crippen LogP contribution is 2.38. The van der Waals surface area contributed by atoms with E-state index in [9.17, 15) is 15.3 Å². The number of hydrogen-bond acceptors (Lipinski definition) is 6. The molecule has 0 unspecified atom stereocenters. The van der Waals surface area contributed by atoms with E-state index in [1.807, 2.05) is 0 Å². The molecule has 4 aromatic rings. The van der Waals surface area contributed by atoms with Crippen LogP contribution in [0.25, 0.3) is 33.6 Å². The van der Waals surface area contributed by atoms with Gasteiger partial charge in [0.2, 0.25) is 0 Å². The van der Waals surface area contributed by atoms with Gasteiger partial charge in [0.25, 0.3) is 0 Å². The zero-order valence-electron chi connectivity index (χ0n) is 14.1. The van der Waals surface area contributed by atoms with E-state index >= 15 is 0 Å². The van der Waals surface area contributed by atoms with E-state index < -0.39 is 0 Å². The Morgan fingerprint density at radius 1 is 0.444 bits per heavy atom. The fourth-order valence-electron chi connectivity index (χ4n) is 2.87. The molecule has 6 heteroatoms. The average Bonchev–Trinajstić information content (AvgIpc) is 2.69. The number of phenolic OH excluding ortho intramolecular Hbond substituents is 3. The van der Waals surface area contributed by atoms with Crippen molar-refractivity contribution >= 4 is 0 Å². The van der Waals surface area contributed by atoms with Crippen molar-refractivity contribution in [2.75, 3.05) is 0 Å². The van der Waals surface area contributed by atoms with E-state index in [2.05, 4.69) is 15.4 Å². The summed E-state index contributed by atoms with van der Waals surface area (Å²) >= 11 is 0. The summed E-state index contributed by atoms with van der Waals surface area (Å²) in [6, 6.07) is 20.1. The van der Waals surface area contributed by atoms with Crippen LogP contribution in [0.5, 0.6) is 17.2 Å². The fourth-order valence-corrected chi connectivity index (χ4v) is 2.87. The van der Waals surface area contributed by atoms with Crippen LogP contribution >= 0.6 is 0 Å². The molecule has 0 saturated carbocycles. The molecule has 0 aliphatic carbocycles. The molecule has 0 aliphatic rings. The maximum Gasteiger partial charge on any atom is 0.115 e. The normalized spacial score (nSPS) is 10.7. The SMILES string of the molecule is Oc1ccc(-c2nnnc(-c3ccc(O)cc3)c2-c2ccc(O)cc2)cc1. The van der Waals surface area contributed by atoms with Crippen molar-refractivity contribution in [3.05, 3.63) is 72.8 Å². The highest BCUT2D eigenvalue weighted by Gasteiger charge is 2.18. The highest BCUT2D eigenvalue weighted by molar-refractivity contribution is 5.90. The van der Waals surface area contributed by atoms with E-state index in [0.717, 1.165) is 22.3 Å². The molecule has 0 radical (unpaired) electrons. The van der Waals surface area contributed by atoms with Crippen molar-refractivity contribution < 1.29 is 15.3 Å². The van der Waals surface area contributed by atoms with E-state index in [-0.39, 0.29) is 17.2 Å². The molecular formula is C21H15N3O3.